The molecule has 6 nitrogen and oxygen atoms in total. The van der Waals surface area contributed by atoms with Crippen LogP contribution in [0, 0.1) is 10.1 Å². The van der Waals surface area contributed by atoms with Gasteiger partial charge in [-0.15, -0.1) is 0 Å². The topological polar surface area (TPSA) is 98.3 Å². The predicted octanol–water partition coefficient (Wildman–Crippen LogP) is 1.93. The van der Waals surface area contributed by atoms with Crippen LogP contribution in [0.5, 0.6) is 0 Å². The summed E-state index contributed by atoms with van der Waals surface area (Å²) < 4.78 is 0. The van der Waals surface area contributed by atoms with Crippen molar-refractivity contribution in [2.75, 3.05) is 11.9 Å². The molecule has 0 unspecified atom stereocenters. The molecule has 1 aromatic carbocycles. The van der Waals surface area contributed by atoms with Gasteiger partial charge < -0.3 is 11.1 Å². The van der Waals surface area contributed by atoms with E-state index in [1.165, 1.54) is 18.2 Å². The van der Waals surface area contributed by atoms with Crippen LogP contribution in [0.25, 0.3) is 0 Å². The number of carbonyl (C=O) groups is 1. The second-order valence-electron chi connectivity index (χ2n) is 3.36. The third-order valence-corrected chi connectivity index (χ3v) is 2.27. The molecule has 0 aliphatic rings. The minimum atomic E-state index is -0.575. The maximum Gasteiger partial charge on any atom is 0.292 e. The number of nitrogens with one attached hydrogen (secondary N) is 1. The number of nitro groups is 1. The molecule has 0 radical (unpaired) electrons. The van der Waals surface area contributed by atoms with E-state index in [1.807, 2.05) is 0 Å². The highest BCUT2D eigenvalue weighted by Gasteiger charge is 2.15. The molecule has 1 amide bonds. The van der Waals surface area contributed by atoms with E-state index in [4.69, 9.17) is 17.3 Å². The Morgan fingerprint density at radius 2 is 2.24 bits per heavy atom. The lowest BCUT2D eigenvalue weighted by Gasteiger charge is -2.05. The maximum absolute atomic E-state index is 11.4. The number of nitrogens with two attached hydrogens (primary N) is 1. The molecular formula is C10H12ClN3O3. The number of hydrogen-bond donors (Lipinski definition) is 2. The van der Waals surface area contributed by atoms with Crippen molar-refractivity contribution in [3.8, 4) is 0 Å². The van der Waals surface area contributed by atoms with E-state index in [0.717, 1.165) is 0 Å². The van der Waals surface area contributed by atoms with Crippen molar-refractivity contribution in [1.82, 2.24) is 0 Å². The summed E-state index contributed by atoms with van der Waals surface area (Å²) in [4.78, 5) is 21.6. The Morgan fingerprint density at radius 3 is 2.82 bits per heavy atom. The summed E-state index contributed by atoms with van der Waals surface area (Å²) in [5.74, 6) is -0.319. The first kappa shape index (κ1) is 13.4. The molecule has 0 aromatic heterocycles. The zero-order chi connectivity index (χ0) is 12.8. The minimum Gasteiger partial charge on any atom is -0.330 e. The quantitative estimate of drug-likeness (QED) is 0.622. The van der Waals surface area contributed by atoms with Gasteiger partial charge in [-0.25, -0.2) is 0 Å². The fourth-order valence-electron chi connectivity index (χ4n) is 1.24. The van der Waals surface area contributed by atoms with Gasteiger partial charge in [0.05, 0.1) is 4.92 Å². The van der Waals surface area contributed by atoms with Gasteiger partial charge in [0.15, 0.2) is 0 Å². The van der Waals surface area contributed by atoms with Gasteiger partial charge in [0.25, 0.3) is 5.69 Å². The van der Waals surface area contributed by atoms with Crippen molar-refractivity contribution in [2.24, 2.45) is 5.73 Å². The van der Waals surface area contributed by atoms with Gasteiger partial charge in [0.2, 0.25) is 5.91 Å². The Bertz CT molecular complexity index is 437. The monoisotopic (exact) mass is 257 g/mol. The smallest absolute Gasteiger partial charge is 0.292 e. The highest BCUT2D eigenvalue weighted by molar-refractivity contribution is 6.31. The Hall–Kier alpha value is -1.66. The number of halogens is 1. The lowest BCUT2D eigenvalue weighted by Crippen LogP contribution is -2.14. The molecule has 7 heteroatoms. The highest BCUT2D eigenvalue weighted by Crippen LogP contribution is 2.27. The number of carbonyl (C=O) groups excluding carboxylic acids is 1. The van der Waals surface area contributed by atoms with E-state index in [1.54, 1.807) is 0 Å². The van der Waals surface area contributed by atoms with Gasteiger partial charge in [0.1, 0.15) is 5.69 Å². The summed E-state index contributed by atoms with van der Waals surface area (Å²) in [6.07, 6.45) is 0.750. The van der Waals surface area contributed by atoms with E-state index in [2.05, 4.69) is 5.32 Å². The number of amides is 1. The Labute approximate surface area is 103 Å². The van der Waals surface area contributed by atoms with Crippen LogP contribution in [0.2, 0.25) is 5.02 Å². The summed E-state index contributed by atoms with van der Waals surface area (Å²) in [5, 5.41) is 13.5. The number of nitro benzene ring substituents is 1. The molecular weight excluding hydrogens is 246 g/mol. The summed E-state index contributed by atoms with van der Waals surface area (Å²) in [6, 6.07) is 4.00. The molecule has 17 heavy (non-hydrogen) atoms. The third kappa shape index (κ3) is 4.01. The van der Waals surface area contributed by atoms with Gasteiger partial charge in [-0.2, -0.15) is 0 Å². The summed E-state index contributed by atoms with van der Waals surface area (Å²) in [6.45, 7) is 0.394. The van der Waals surface area contributed by atoms with Gasteiger partial charge in [-0.05, 0) is 25.1 Å². The van der Waals surface area contributed by atoms with Crippen LogP contribution in [0.15, 0.2) is 18.2 Å². The standard InChI is InChI=1S/C10H12ClN3O3/c11-7-3-4-9(14(16)17)8(6-7)13-10(15)2-1-5-12/h3-4,6H,1-2,5,12H2,(H,13,15). The molecule has 0 aliphatic carbocycles. The van der Waals surface area contributed by atoms with Crippen molar-refractivity contribution in [1.29, 1.82) is 0 Å². The zero-order valence-electron chi connectivity index (χ0n) is 8.98. The van der Waals surface area contributed by atoms with E-state index in [0.29, 0.717) is 18.0 Å². The molecule has 0 saturated heterocycles. The zero-order valence-corrected chi connectivity index (χ0v) is 9.74. The highest BCUT2D eigenvalue weighted by atomic mass is 35.5. The molecule has 1 rings (SSSR count). The normalized spacial score (nSPS) is 10.0. The second kappa shape index (κ2) is 6.17. The van der Waals surface area contributed by atoms with Crippen molar-refractivity contribution >= 4 is 28.9 Å². The van der Waals surface area contributed by atoms with E-state index in [9.17, 15) is 14.9 Å². The van der Waals surface area contributed by atoms with Crippen LogP contribution in [0.4, 0.5) is 11.4 Å². The third-order valence-electron chi connectivity index (χ3n) is 2.04. The molecule has 3 N–H and O–H groups in total. The Morgan fingerprint density at radius 1 is 1.53 bits per heavy atom. The summed E-state index contributed by atoms with van der Waals surface area (Å²) in [5.41, 5.74) is 5.18. The molecule has 0 saturated carbocycles. The molecule has 1 aromatic rings. The fourth-order valence-corrected chi connectivity index (χ4v) is 1.42. The van der Waals surface area contributed by atoms with Crippen LogP contribution in [0.3, 0.4) is 0 Å². The lowest BCUT2D eigenvalue weighted by molar-refractivity contribution is -0.383. The van der Waals surface area contributed by atoms with Crippen LogP contribution in [-0.2, 0) is 4.79 Å². The van der Waals surface area contributed by atoms with Crippen LogP contribution >= 0.6 is 11.6 Å². The van der Waals surface area contributed by atoms with Crippen molar-refractivity contribution in [2.45, 2.75) is 12.8 Å². The summed E-state index contributed by atoms with van der Waals surface area (Å²) >= 11 is 5.72. The average molecular weight is 258 g/mol. The van der Waals surface area contributed by atoms with Crippen LogP contribution in [0.1, 0.15) is 12.8 Å². The molecule has 0 heterocycles. The number of benzene rings is 1. The lowest BCUT2D eigenvalue weighted by atomic mass is 10.2. The minimum absolute atomic E-state index is 0.101. The first-order valence-electron chi connectivity index (χ1n) is 4.98. The fraction of sp³-hybridized carbons (Fsp3) is 0.300. The first-order valence-corrected chi connectivity index (χ1v) is 5.36. The van der Waals surface area contributed by atoms with E-state index >= 15 is 0 Å². The Kier molecular flexibility index (Phi) is 4.86. The SMILES string of the molecule is NCCCC(=O)Nc1cc(Cl)ccc1[N+](=O)[O-]. The molecule has 0 atom stereocenters. The van der Waals surface area contributed by atoms with Gasteiger partial charge in [-0.3, -0.25) is 14.9 Å². The second-order valence-corrected chi connectivity index (χ2v) is 3.80. The van der Waals surface area contributed by atoms with E-state index < -0.39 is 4.92 Å². The van der Waals surface area contributed by atoms with Crippen molar-refractivity contribution in [3.63, 3.8) is 0 Å². The predicted molar refractivity (Wildman–Crippen MR) is 65.0 cm³/mol. The number of hydrogen-bond acceptors (Lipinski definition) is 4. The van der Waals surface area contributed by atoms with Gasteiger partial charge in [0, 0.05) is 17.5 Å². The van der Waals surface area contributed by atoms with E-state index in [-0.39, 0.29) is 23.7 Å². The molecule has 0 fully saturated rings. The van der Waals surface area contributed by atoms with Crippen molar-refractivity contribution in [3.05, 3.63) is 33.3 Å². The number of rotatable bonds is 5. The molecule has 92 valence electrons. The first-order chi connectivity index (χ1) is 8.04. The maximum atomic E-state index is 11.4. The van der Waals surface area contributed by atoms with Crippen LogP contribution < -0.4 is 11.1 Å². The average Bonchev–Trinajstić information content (AvgIpc) is 2.26. The number of anilines is 1. The van der Waals surface area contributed by atoms with Gasteiger partial charge >= 0.3 is 0 Å². The number of nitrogens with zero attached hydrogens (tertiary/aromatic N) is 1. The summed E-state index contributed by atoms with van der Waals surface area (Å²) in [7, 11) is 0. The Balaban J connectivity index is 2.85. The van der Waals surface area contributed by atoms with Gasteiger partial charge in [-0.1, -0.05) is 11.6 Å². The molecule has 0 spiro atoms. The van der Waals surface area contributed by atoms with Crippen molar-refractivity contribution < 1.29 is 9.72 Å². The molecule has 0 bridgehead atoms. The molecule has 0 aliphatic heterocycles. The van der Waals surface area contributed by atoms with Crippen LogP contribution in [-0.4, -0.2) is 17.4 Å². The largest absolute Gasteiger partial charge is 0.330 e.